The molecule has 3 rings (SSSR count). The largest absolute Gasteiger partial charge is 0.364 e. The molecule has 0 saturated carbocycles. The van der Waals surface area contributed by atoms with Crippen LogP contribution in [0.3, 0.4) is 0 Å². The first-order chi connectivity index (χ1) is 13.6. The van der Waals surface area contributed by atoms with Gasteiger partial charge in [-0.3, -0.25) is 19.6 Å². The Labute approximate surface area is 168 Å². The molecule has 2 atom stereocenters. The number of alkyl halides is 2. The highest BCUT2D eigenvalue weighted by atomic mass is 32.2. The van der Waals surface area contributed by atoms with Crippen LogP contribution < -0.4 is 11.1 Å². The van der Waals surface area contributed by atoms with Crippen molar-refractivity contribution in [2.75, 3.05) is 0 Å². The van der Waals surface area contributed by atoms with Crippen LogP contribution in [-0.4, -0.2) is 26.7 Å². The van der Waals surface area contributed by atoms with Gasteiger partial charge in [-0.15, -0.1) is 0 Å². The Morgan fingerprint density at radius 3 is 2.69 bits per heavy atom. The molecule has 0 radical (unpaired) electrons. The van der Waals surface area contributed by atoms with E-state index in [1.165, 1.54) is 18.2 Å². The topological polar surface area (TPSA) is 97.4 Å². The predicted molar refractivity (Wildman–Crippen MR) is 103 cm³/mol. The molecule has 1 fully saturated rings. The fourth-order valence-corrected chi connectivity index (χ4v) is 3.97. The number of halogens is 3. The predicted octanol–water partition coefficient (Wildman–Crippen LogP) is 3.15. The highest BCUT2D eigenvalue weighted by Gasteiger charge is 2.61. The summed E-state index contributed by atoms with van der Waals surface area (Å²) in [5.74, 6) is -6.07. The van der Waals surface area contributed by atoms with Gasteiger partial charge >= 0.3 is 0 Å². The van der Waals surface area contributed by atoms with E-state index in [9.17, 15) is 14.0 Å². The molecule has 6 nitrogen and oxygen atoms in total. The number of carbonyl (C=O) groups is 2. The number of nitrogens with one attached hydrogen (secondary N) is 1. The number of benzene rings is 1. The molecule has 2 aromatic rings. The Balaban J connectivity index is 1.92. The molecule has 10 heteroatoms. The normalized spacial score (nSPS) is 21.8. The SMILES string of the molecule is C[C@H](N=C1NC(=O)C(C)(C(F)(F)c2ccnc(C(N)=O)c2)S1)c1ccccc1F. The van der Waals surface area contributed by atoms with Gasteiger partial charge in [0.25, 0.3) is 11.8 Å². The first-order valence-corrected chi connectivity index (χ1v) is 9.34. The zero-order chi connectivity index (χ0) is 21.4. The van der Waals surface area contributed by atoms with Gasteiger partial charge < -0.3 is 11.1 Å². The van der Waals surface area contributed by atoms with Gasteiger partial charge in [-0.05, 0) is 32.0 Å². The zero-order valence-corrected chi connectivity index (χ0v) is 16.3. The molecular weight excluding hydrogens is 405 g/mol. The van der Waals surface area contributed by atoms with Gasteiger partial charge in [0.2, 0.25) is 5.91 Å². The number of hydrogen-bond donors (Lipinski definition) is 2. The molecule has 1 aromatic carbocycles. The number of rotatable bonds is 5. The smallest absolute Gasteiger partial charge is 0.296 e. The second-order valence-electron chi connectivity index (χ2n) is 6.59. The summed E-state index contributed by atoms with van der Waals surface area (Å²) in [5, 5.41) is 2.30. The first-order valence-electron chi connectivity index (χ1n) is 8.53. The van der Waals surface area contributed by atoms with E-state index in [-0.39, 0.29) is 16.4 Å². The molecular formula is C19H17F3N4O2S. The Kier molecular flexibility index (Phi) is 5.40. The van der Waals surface area contributed by atoms with Gasteiger partial charge in [-0.1, -0.05) is 30.0 Å². The molecule has 2 amide bonds. The van der Waals surface area contributed by atoms with E-state index in [2.05, 4.69) is 15.3 Å². The molecule has 2 heterocycles. The van der Waals surface area contributed by atoms with E-state index < -0.39 is 39.9 Å². The molecule has 0 bridgehead atoms. The van der Waals surface area contributed by atoms with Crippen LogP contribution in [0, 0.1) is 5.82 Å². The van der Waals surface area contributed by atoms with E-state index in [4.69, 9.17) is 5.73 Å². The lowest BCUT2D eigenvalue weighted by Gasteiger charge is -2.30. The molecule has 0 aliphatic carbocycles. The van der Waals surface area contributed by atoms with Gasteiger partial charge in [0.1, 0.15) is 11.5 Å². The van der Waals surface area contributed by atoms with Crippen molar-refractivity contribution in [1.29, 1.82) is 0 Å². The quantitative estimate of drug-likeness (QED) is 0.774. The minimum absolute atomic E-state index is 0.0443. The van der Waals surface area contributed by atoms with Crippen molar-refractivity contribution < 1.29 is 22.8 Å². The summed E-state index contributed by atoms with van der Waals surface area (Å²) in [5.41, 5.74) is 4.47. The van der Waals surface area contributed by atoms with E-state index in [1.54, 1.807) is 13.0 Å². The number of thioether (sulfide) groups is 1. The lowest BCUT2D eigenvalue weighted by Crippen LogP contribution is -2.47. The van der Waals surface area contributed by atoms with Crippen LogP contribution in [0.5, 0.6) is 0 Å². The maximum absolute atomic E-state index is 15.3. The third-order valence-corrected chi connectivity index (χ3v) is 5.85. The van der Waals surface area contributed by atoms with Crippen LogP contribution in [0.1, 0.15) is 41.5 Å². The molecule has 29 heavy (non-hydrogen) atoms. The van der Waals surface area contributed by atoms with E-state index in [0.717, 1.165) is 25.3 Å². The maximum Gasteiger partial charge on any atom is 0.296 e. The summed E-state index contributed by atoms with van der Waals surface area (Å²) in [7, 11) is 0. The van der Waals surface area contributed by atoms with Gasteiger partial charge in [-0.25, -0.2) is 4.39 Å². The summed E-state index contributed by atoms with van der Waals surface area (Å²) in [4.78, 5) is 31.6. The zero-order valence-electron chi connectivity index (χ0n) is 15.4. The van der Waals surface area contributed by atoms with Crippen molar-refractivity contribution in [3.05, 3.63) is 65.2 Å². The van der Waals surface area contributed by atoms with Crippen LogP contribution in [-0.2, 0) is 10.7 Å². The number of pyridine rings is 1. The molecule has 0 spiro atoms. The van der Waals surface area contributed by atoms with Crippen LogP contribution in [0.4, 0.5) is 13.2 Å². The Morgan fingerprint density at radius 1 is 1.34 bits per heavy atom. The van der Waals surface area contributed by atoms with E-state index >= 15 is 8.78 Å². The molecule has 1 aliphatic rings. The number of nitrogens with zero attached hydrogens (tertiary/aromatic N) is 2. The Hall–Kier alpha value is -2.88. The summed E-state index contributed by atoms with van der Waals surface area (Å²) < 4.78 is 42.2. The van der Waals surface area contributed by atoms with Crippen LogP contribution in [0.2, 0.25) is 0 Å². The van der Waals surface area contributed by atoms with Crippen LogP contribution in [0.15, 0.2) is 47.6 Å². The molecule has 3 N–H and O–H groups in total. The Bertz CT molecular complexity index is 1010. The van der Waals surface area contributed by atoms with Gasteiger partial charge in [-0.2, -0.15) is 8.78 Å². The number of carbonyl (C=O) groups excluding carboxylic acids is 2. The van der Waals surface area contributed by atoms with Crippen molar-refractivity contribution in [2.24, 2.45) is 10.7 Å². The number of amides is 2. The van der Waals surface area contributed by atoms with Crippen molar-refractivity contribution in [3.63, 3.8) is 0 Å². The lowest BCUT2D eigenvalue weighted by molar-refractivity contribution is -0.132. The summed E-state index contributed by atoms with van der Waals surface area (Å²) >= 11 is 0.546. The Morgan fingerprint density at radius 2 is 2.03 bits per heavy atom. The monoisotopic (exact) mass is 422 g/mol. The average molecular weight is 422 g/mol. The molecule has 1 aliphatic heterocycles. The van der Waals surface area contributed by atoms with E-state index in [1.807, 2.05) is 0 Å². The molecule has 1 aromatic heterocycles. The first kappa shape index (κ1) is 20.8. The number of aliphatic imine (C=N–C) groups is 1. The van der Waals surface area contributed by atoms with Crippen LogP contribution >= 0.6 is 11.8 Å². The van der Waals surface area contributed by atoms with Crippen molar-refractivity contribution >= 4 is 28.7 Å². The van der Waals surface area contributed by atoms with Crippen molar-refractivity contribution in [2.45, 2.75) is 30.6 Å². The number of hydrogen-bond acceptors (Lipinski definition) is 5. The minimum atomic E-state index is -3.67. The second kappa shape index (κ2) is 7.51. The van der Waals surface area contributed by atoms with Crippen LogP contribution in [0.25, 0.3) is 0 Å². The van der Waals surface area contributed by atoms with Crippen molar-refractivity contribution in [3.8, 4) is 0 Å². The summed E-state index contributed by atoms with van der Waals surface area (Å²) in [6.45, 7) is 2.67. The number of aromatic nitrogens is 1. The lowest BCUT2D eigenvalue weighted by atomic mass is 9.94. The van der Waals surface area contributed by atoms with Crippen molar-refractivity contribution in [1.82, 2.24) is 10.3 Å². The fraction of sp³-hybridized carbons (Fsp3) is 0.263. The third-order valence-electron chi connectivity index (χ3n) is 4.59. The average Bonchev–Trinajstić information content (AvgIpc) is 2.97. The van der Waals surface area contributed by atoms with Gasteiger partial charge in [0, 0.05) is 17.3 Å². The number of amidine groups is 1. The molecule has 1 unspecified atom stereocenters. The third kappa shape index (κ3) is 3.71. The highest BCUT2D eigenvalue weighted by molar-refractivity contribution is 8.16. The summed E-state index contributed by atoms with van der Waals surface area (Å²) in [6.07, 6.45) is 1.03. The summed E-state index contributed by atoms with van der Waals surface area (Å²) in [6, 6.07) is 7.13. The molecule has 1 saturated heterocycles. The highest BCUT2D eigenvalue weighted by Crippen LogP contribution is 2.50. The number of primary amides is 1. The maximum atomic E-state index is 15.3. The number of nitrogens with two attached hydrogens (primary N) is 1. The second-order valence-corrected chi connectivity index (χ2v) is 8.00. The van der Waals surface area contributed by atoms with Gasteiger partial charge in [0.15, 0.2) is 9.91 Å². The van der Waals surface area contributed by atoms with E-state index in [0.29, 0.717) is 11.8 Å². The molecule has 152 valence electrons. The fourth-order valence-electron chi connectivity index (χ4n) is 2.84. The standard InChI is InChI=1S/C19H17F3N4O2S/c1-10(12-5-3-4-6-13(12)20)25-17-26-16(28)18(2,29-17)19(21,22)11-7-8-24-14(9-11)15(23)27/h3-10H,1-2H3,(H2,23,27)(H,25,26,28)/t10-,18?/m0/s1. The van der Waals surface area contributed by atoms with Gasteiger partial charge in [0.05, 0.1) is 6.04 Å². The minimum Gasteiger partial charge on any atom is -0.364 e.